The highest BCUT2D eigenvalue weighted by Crippen LogP contribution is 2.29. The number of benzene rings is 1. The van der Waals surface area contributed by atoms with Gasteiger partial charge in [0.1, 0.15) is 0 Å². The monoisotopic (exact) mass is 305 g/mol. The second kappa shape index (κ2) is 5.82. The molecule has 4 rings (SSSR count). The summed E-state index contributed by atoms with van der Waals surface area (Å²) >= 11 is 0. The van der Waals surface area contributed by atoms with Crippen LogP contribution in [-0.2, 0) is 25.9 Å². The fourth-order valence-electron chi connectivity index (χ4n) is 3.63. The number of nitrogens with zero attached hydrogens (tertiary/aromatic N) is 2. The molecule has 1 aromatic carbocycles. The molecule has 1 aliphatic rings. The van der Waals surface area contributed by atoms with Crippen molar-refractivity contribution in [3.8, 4) is 0 Å². The Morgan fingerprint density at radius 2 is 2.09 bits per heavy atom. The molecule has 1 aliphatic heterocycles. The topological polar surface area (TPSA) is 29.9 Å². The van der Waals surface area contributed by atoms with Crippen molar-refractivity contribution in [2.24, 2.45) is 0 Å². The maximum Gasteiger partial charge on any atom is 0.0486 e. The summed E-state index contributed by atoms with van der Waals surface area (Å²) in [6.07, 6.45) is 4.17. The molecule has 0 unspecified atom stereocenters. The molecule has 2 aromatic heterocycles. The second-order valence-electron chi connectivity index (χ2n) is 6.58. The number of rotatable bonds is 3. The Bertz CT molecular complexity index is 843. The molecule has 3 heterocycles. The van der Waals surface area contributed by atoms with Crippen molar-refractivity contribution >= 4 is 10.9 Å². The molecule has 3 aromatic rings. The molecule has 0 fully saturated rings. The van der Waals surface area contributed by atoms with Crippen LogP contribution in [0.1, 0.15) is 28.1 Å². The predicted octanol–water partition coefficient (Wildman–Crippen LogP) is 3.54. The van der Waals surface area contributed by atoms with E-state index in [4.69, 9.17) is 0 Å². The normalized spacial score (nSPS) is 14.2. The minimum atomic E-state index is 0.981. The van der Waals surface area contributed by atoms with E-state index in [9.17, 15) is 0 Å². The lowest BCUT2D eigenvalue weighted by atomic mass is 10.0. The first-order chi connectivity index (χ1) is 11.2. The van der Waals surface area contributed by atoms with E-state index in [1.54, 1.807) is 5.56 Å². The third kappa shape index (κ3) is 2.66. The van der Waals surface area contributed by atoms with Crippen LogP contribution in [0.2, 0.25) is 0 Å². The van der Waals surface area contributed by atoms with E-state index >= 15 is 0 Å². The Morgan fingerprint density at radius 3 is 2.91 bits per heavy atom. The first-order valence-electron chi connectivity index (χ1n) is 8.45. The zero-order valence-electron chi connectivity index (χ0n) is 13.9. The molecule has 0 amide bonds. The lowest BCUT2D eigenvalue weighted by molar-refractivity contribution is 0.584. The molecule has 0 saturated carbocycles. The van der Waals surface area contributed by atoms with Gasteiger partial charge in [-0.2, -0.15) is 0 Å². The van der Waals surface area contributed by atoms with Gasteiger partial charge in [0, 0.05) is 41.6 Å². The zero-order valence-corrected chi connectivity index (χ0v) is 13.9. The quantitative estimate of drug-likeness (QED) is 0.802. The molecule has 0 radical (unpaired) electrons. The van der Waals surface area contributed by atoms with Gasteiger partial charge in [0.15, 0.2) is 0 Å². The Morgan fingerprint density at radius 1 is 1.17 bits per heavy atom. The van der Waals surface area contributed by atoms with Crippen LogP contribution < -0.4 is 5.32 Å². The number of hydrogen-bond donors (Lipinski definition) is 1. The largest absolute Gasteiger partial charge is 0.343 e. The van der Waals surface area contributed by atoms with E-state index in [0.717, 1.165) is 38.2 Å². The first kappa shape index (κ1) is 14.5. The Labute approximate surface area is 137 Å². The fourth-order valence-corrected chi connectivity index (χ4v) is 3.63. The van der Waals surface area contributed by atoms with Gasteiger partial charge in [0.2, 0.25) is 0 Å². The number of nitrogens with one attached hydrogen (secondary N) is 1. The molecule has 0 saturated heterocycles. The zero-order chi connectivity index (χ0) is 15.8. The molecule has 23 heavy (non-hydrogen) atoms. The molecule has 0 aliphatic carbocycles. The lowest BCUT2D eigenvalue weighted by Crippen LogP contribution is -2.25. The Balaban J connectivity index is 1.72. The van der Waals surface area contributed by atoms with Crippen LogP contribution in [0.15, 0.2) is 36.5 Å². The van der Waals surface area contributed by atoms with Crippen LogP contribution >= 0.6 is 0 Å². The number of aryl methyl sites for hydroxylation is 4. The van der Waals surface area contributed by atoms with Crippen LogP contribution in [0.4, 0.5) is 0 Å². The molecule has 0 bridgehead atoms. The van der Waals surface area contributed by atoms with Gasteiger partial charge in [-0.1, -0.05) is 17.7 Å². The molecule has 0 spiro atoms. The highest BCUT2D eigenvalue weighted by molar-refractivity contribution is 5.86. The molecule has 3 heteroatoms. The predicted molar refractivity (Wildman–Crippen MR) is 94.8 cm³/mol. The van der Waals surface area contributed by atoms with Crippen molar-refractivity contribution in [2.75, 3.05) is 6.54 Å². The number of fused-ring (bicyclic) bond motifs is 3. The number of aromatic nitrogens is 2. The summed E-state index contributed by atoms with van der Waals surface area (Å²) in [5, 5.41) is 4.98. The summed E-state index contributed by atoms with van der Waals surface area (Å²) in [6.45, 7) is 7.30. The van der Waals surface area contributed by atoms with Crippen molar-refractivity contribution in [1.29, 1.82) is 0 Å². The van der Waals surface area contributed by atoms with E-state index < -0.39 is 0 Å². The molecular formula is C20H23N3. The van der Waals surface area contributed by atoms with Gasteiger partial charge in [-0.15, -0.1) is 0 Å². The van der Waals surface area contributed by atoms with Crippen LogP contribution in [0, 0.1) is 13.8 Å². The van der Waals surface area contributed by atoms with E-state index in [0.29, 0.717) is 0 Å². The van der Waals surface area contributed by atoms with Crippen molar-refractivity contribution < 1.29 is 0 Å². The van der Waals surface area contributed by atoms with Crippen molar-refractivity contribution in [1.82, 2.24) is 14.9 Å². The van der Waals surface area contributed by atoms with Crippen LogP contribution in [0.25, 0.3) is 10.9 Å². The van der Waals surface area contributed by atoms with Crippen molar-refractivity contribution in [2.45, 2.75) is 39.8 Å². The summed E-state index contributed by atoms with van der Waals surface area (Å²) in [4.78, 5) is 4.42. The molecule has 118 valence electrons. The average Bonchev–Trinajstić information content (AvgIpc) is 2.88. The van der Waals surface area contributed by atoms with E-state index in [1.165, 1.54) is 27.7 Å². The van der Waals surface area contributed by atoms with Gasteiger partial charge in [-0.25, -0.2) is 0 Å². The van der Waals surface area contributed by atoms with Crippen LogP contribution in [0.3, 0.4) is 0 Å². The second-order valence-corrected chi connectivity index (χ2v) is 6.58. The van der Waals surface area contributed by atoms with E-state index in [2.05, 4.69) is 52.1 Å². The third-order valence-electron chi connectivity index (χ3n) is 4.88. The molecule has 0 atom stereocenters. The molecule has 3 nitrogen and oxygen atoms in total. The Kier molecular flexibility index (Phi) is 3.66. The van der Waals surface area contributed by atoms with Crippen molar-refractivity contribution in [3.05, 3.63) is 64.6 Å². The molecule has 1 N–H and O–H groups in total. The summed E-state index contributed by atoms with van der Waals surface area (Å²) in [5.41, 5.74) is 8.13. The number of hydrogen-bond acceptors (Lipinski definition) is 2. The Hall–Kier alpha value is -2.13. The van der Waals surface area contributed by atoms with Crippen LogP contribution in [0.5, 0.6) is 0 Å². The maximum absolute atomic E-state index is 4.42. The SMILES string of the molecule is Cc1ccc2c(c1)c1c(n2CCc2ccc(C)nc2)CNCC1. The highest BCUT2D eigenvalue weighted by atomic mass is 15.0. The standard InChI is InChI=1S/C20H23N3/c1-14-3-6-19-18(11-14)17-7-9-21-13-20(17)23(19)10-8-16-5-4-15(2)22-12-16/h3-6,11-12,21H,7-10,13H2,1-2H3. The van der Waals surface area contributed by atoms with Crippen molar-refractivity contribution in [3.63, 3.8) is 0 Å². The van der Waals surface area contributed by atoms with Gasteiger partial charge < -0.3 is 9.88 Å². The van der Waals surface area contributed by atoms with E-state index in [1.807, 2.05) is 13.1 Å². The summed E-state index contributed by atoms with van der Waals surface area (Å²) in [6, 6.07) is 11.2. The summed E-state index contributed by atoms with van der Waals surface area (Å²) in [7, 11) is 0. The summed E-state index contributed by atoms with van der Waals surface area (Å²) in [5.74, 6) is 0. The highest BCUT2D eigenvalue weighted by Gasteiger charge is 2.19. The van der Waals surface area contributed by atoms with E-state index in [-0.39, 0.29) is 0 Å². The summed E-state index contributed by atoms with van der Waals surface area (Å²) < 4.78 is 2.51. The van der Waals surface area contributed by atoms with Gasteiger partial charge in [-0.05, 0) is 62.6 Å². The average molecular weight is 305 g/mol. The third-order valence-corrected chi connectivity index (χ3v) is 4.88. The minimum Gasteiger partial charge on any atom is -0.343 e. The smallest absolute Gasteiger partial charge is 0.0486 e. The van der Waals surface area contributed by atoms with Gasteiger partial charge in [-0.3, -0.25) is 4.98 Å². The minimum absolute atomic E-state index is 0.981. The van der Waals surface area contributed by atoms with Gasteiger partial charge in [0.25, 0.3) is 0 Å². The lowest BCUT2D eigenvalue weighted by Gasteiger charge is -2.17. The first-order valence-corrected chi connectivity index (χ1v) is 8.45. The maximum atomic E-state index is 4.42. The van der Waals surface area contributed by atoms with Crippen LogP contribution in [-0.4, -0.2) is 16.1 Å². The van der Waals surface area contributed by atoms with Gasteiger partial charge >= 0.3 is 0 Å². The van der Waals surface area contributed by atoms with Gasteiger partial charge in [0.05, 0.1) is 0 Å². The fraction of sp³-hybridized carbons (Fsp3) is 0.350. The number of pyridine rings is 1. The molecular weight excluding hydrogens is 282 g/mol.